The van der Waals surface area contributed by atoms with Gasteiger partial charge in [0.05, 0.1) is 12.2 Å². The van der Waals surface area contributed by atoms with Crippen LogP contribution < -0.4 is 5.32 Å². The lowest BCUT2D eigenvalue weighted by molar-refractivity contribution is -0.180. The maximum Gasteiger partial charge on any atom is 0.0664 e. The molecule has 0 spiro atoms. The van der Waals surface area contributed by atoms with Crippen molar-refractivity contribution in [3.63, 3.8) is 0 Å². The molecule has 1 heterocycles. The molecule has 1 aliphatic carbocycles. The first kappa shape index (κ1) is 15.3. The maximum atomic E-state index is 6.42. The smallest absolute Gasteiger partial charge is 0.0664 e. The molecule has 0 aromatic rings. The van der Waals surface area contributed by atoms with Crippen molar-refractivity contribution >= 4 is 0 Å². The van der Waals surface area contributed by atoms with Gasteiger partial charge in [-0.15, -0.1) is 0 Å². The molecule has 0 aromatic carbocycles. The van der Waals surface area contributed by atoms with Crippen LogP contribution >= 0.6 is 0 Å². The van der Waals surface area contributed by atoms with Crippen LogP contribution in [-0.4, -0.2) is 38.0 Å². The van der Waals surface area contributed by atoms with Crippen molar-refractivity contribution in [2.45, 2.75) is 77.5 Å². The molecule has 2 unspecified atom stereocenters. The molecule has 1 N–H and O–H groups in total. The van der Waals surface area contributed by atoms with Gasteiger partial charge in [-0.3, -0.25) is 0 Å². The molecule has 112 valence electrons. The SMILES string of the molecule is CCCNC1CC(OC2CCOCC2)C1(CC)CC. The van der Waals surface area contributed by atoms with Crippen molar-refractivity contribution in [2.24, 2.45) is 5.41 Å². The molecule has 3 heteroatoms. The summed E-state index contributed by atoms with van der Waals surface area (Å²) in [6, 6.07) is 0.660. The van der Waals surface area contributed by atoms with Crippen LogP contribution in [0.5, 0.6) is 0 Å². The summed E-state index contributed by atoms with van der Waals surface area (Å²) in [6.45, 7) is 9.77. The highest BCUT2D eigenvalue weighted by atomic mass is 16.5. The second kappa shape index (κ2) is 7.05. The van der Waals surface area contributed by atoms with Gasteiger partial charge in [0.2, 0.25) is 0 Å². The molecule has 1 aliphatic heterocycles. The minimum atomic E-state index is 0.369. The van der Waals surface area contributed by atoms with Crippen molar-refractivity contribution in [1.29, 1.82) is 0 Å². The lowest BCUT2D eigenvalue weighted by Gasteiger charge is -2.56. The fourth-order valence-electron chi connectivity index (χ4n) is 3.79. The first-order chi connectivity index (χ1) is 9.26. The van der Waals surface area contributed by atoms with Crippen LogP contribution in [0, 0.1) is 5.41 Å². The fourth-order valence-corrected chi connectivity index (χ4v) is 3.79. The third kappa shape index (κ3) is 3.14. The molecule has 0 radical (unpaired) electrons. The summed E-state index contributed by atoms with van der Waals surface area (Å²) >= 11 is 0. The molecule has 2 atom stereocenters. The molecule has 2 aliphatic rings. The van der Waals surface area contributed by atoms with Crippen LogP contribution in [0.2, 0.25) is 0 Å². The van der Waals surface area contributed by atoms with Gasteiger partial charge in [0.15, 0.2) is 0 Å². The molecule has 3 nitrogen and oxygen atoms in total. The Morgan fingerprint density at radius 3 is 2.42 bits per heavy atom. The summed E-state index contributed by atoms with van der Waals surface area (Å²) in [6.07, 6.45) is 7.89. The summed E-state index contributed by atoms with van der Waals surface area (Å²) in [5.41, 5.74) is 0.369. The average molecular weight is 269 g/mol. The first-order valence-corrected chi connectivity index (χ1v) is 8.23. The molecule has 0 amide bonds. The Hall–Kier alpha value is -0.120. The lowest BCUT2D eigenvalue weighted by atomic mass is 9.58. The summed E-state index contributed by atoms with van der Waals surface area (Å²) in [5, 5.41) is 3.72. The summed E-state index contributed by atoms with van der Waals surface area (Å²) in [7, 11) is 0. The van der Waals surface area contributed by atoms with E-state index in [1.54, 1.807) is 0 Å². The standard InChI is InChI=1S/C16H31NO2/c1-4-9-17-14-12-15(16(14,5-2)6-3)19-13-7-10-18-11-8-13/h13-15,17H,4-12H2,1-3H3. The number of rotatable bonds is 7. The average Bonchev–Trinajstić information content (AvgIpc) is 2.44. The van der Waals surface area contributed by atoms with Gasteiger partial charge in [0, 0.05) is 24.7 Å². The predicted octanol–water partition coefficient (Wildman–Crippen LogP) is 3.13. The zero-order valence-electron chi connectivity index (χ0n) is 12.9. The molecule has 0 bridgehead atoms. The van der Waals surface area contributed by atoms with Crippen LogP contribution in [0.3, 0.4) is 0 Å². The van der Waals surface area contributed by atoms with E-state index in [0.717, 1.165) is 32.6 Å². The van der Waals surface area contributed by atoms with E-state index in [-0.39, 0.29) is 0 Å². The summed E-state index contributed by atoms with van der Waals surface area (Å²) in [5.74, 6) is 0. The quantitative estimate of drug-likeness (QED) is 0.770. The topological polar surface area (TPSA) is 30.5 Å². The van der Waals surface area contributed by atoms with Crippen molar-refractivity contribution in [3.05, 3.63) is 0 Å². The van der Waals surface area contributed by atoms with E-state index >= 15 is 0 Å². The monoisotopic (exact) mass is 269 g/mol. The maximum absolute atomic E-state index is 6.42. The van der Waals surface area contributed by atoms with Crippen molar-refractivity contribution in [3.8, 4) is 0 Å². The molecular weight excluding hydrogens is 238 g/mol. The van der Waals surface area contributed by atoms with Crippen LogP contribution in [0.15, 0.2) is 0 Å². The molecular formula is C16H31NO2. The highest BCUT2D eigenvalue weighted by Crippen LogP contribution is 2.49. The Bertz CT molecular complexity index is 259. The fraction of sp³-hybridized carbons (Fsp3) is 1.00. The van der Waals surface area contributed by atoms with Gasteiger partial charge in [-0.25, -0.2) is 0 Å². The third-order valence-corrected chi connectivity index (χ3v) is 5.27. The zero-order valence-corrected chi connectivity index (χ0v) is 12.9. The van der Waals surface area contributed by atoms with E-state index in [1.165, 1.54) is 25.7 Å². The van der Waals surface area contributed by atoms with E-state index in [1.807, 2.05) is 0 Å². The molecule has 19 heavy (non-hydrogen) atoms. The van der Waals surface area contributed by atoms with E-state index in [2.05, 4.69) is 26.1 Å². The molecule has 1 saturated carbocycles. The Balaban J connectivity index is 1.89. The molecule has 0 aromatic heterocycles. The summed E-state index contributed by atoms with van der Waals surface area (Å²) < 4.78 is 11.8. The highest BCUT2D eigenvalue weighted by Gasteiger charge is 2.53. The largest absolute Gasteiger partial charge is 0.381 e. The van der Waals surface area contributed by atoms with Crippen LogP contribution in [0.1, 0.15) is 59.3 Å². The Labute approximate surface area is 118 Å². The predicted molar refractivity (Wildman–Crippen MR) is 78.4 cm³/mol. The van der Waals surface area contributed by atoms with Crippen molar-refractivity contribution < 1.29 is 9.47 Å². The van der Waals surface area contributed by atoms with E-state index in [4.69, 9.17) is 9.47 Å². The van der Waals surface area contributed by atoms with E-state index in [9.17, 15) is 0 Å². The van der Waals surface area contributed by atoms with Crippen molar-refractivity contribution in [2.75, 3.05) is 19.8 Å². The van der Waals surface area contributed by atoms with Crippen molar-refractivity contribution in [1.82, 2.24) is 5.32 Å². The first-order valence-electron chi connectivity index (χ1n) is 8.23. The number of hydrogen-bond donors (Lipinski definition) is 1. The Kier molecular flexibility index (Phi) is 5.67. The van der Waals surface area contributed by atoms with Gasteiger partial charge in [0.25, 0.3) is 0 Å². The Morgan fingerprint density at radius 1 is 1.16 bits per heavy atom. The van der Waals surface area contributed by atoms with Crippen LogP contribution in [-0.2, 0) is 9.47 Å². The van der Waals surface area contributed by atoms with Crippen LogP contribution in [0.25, 0.3) is 0 Å². The van der Waals surface area contributed by atoms with Gasteiger partial charge >= 0.3 is 0 Å². The lowest BCUT2D eigenvalue weighted by Crippen LogP contribution is -2.64. The minimum absolute atomic E-state index is 0.369. The minimum Gasteiger partial charge on any atom is -0.381 e. The van der Waals surface area contributed by atoms with E-state index < -0.39 is 0 Å². The zero-order chi connectivity index (χ0) is 13.7. The van der Waals surface area contributed by atoms with Gasteiger partial charge in [0.1, 0.15) is 0 Å². The molecule has 2 fully saturated rings. The molecule has 1 saturated heterocycles. The third-order valence-electron chi connectivity index (χ3n) is 5.27. The number of hydrogen-bond acceptors (Lipinski definition) is 3. The Morgan fingerprint density at radius 2 is 1.84 bits per heavy atom. The summed E-state index contributed by atoms with van der Waals surface area (Å²) in [4.78, 5) is 0. The second-order valence-electron chi connectivity index (χ2n) is 6.12. The number of nitrogens with one attached hydrogen (secondary N) is 1. The normalized spacial score (nSPS) is 31.1. The highest BCUT2D eigenvalue weighted by molar-refractivity contribution is 5.07. The van der Waals surface area contributed by atoms with Gasteiger partial charge < -0.3 is 14.8 Å². The number of ether oxygens (including phenoxy) is 2. The van der Waals surface area contributed by atoms with E-state index in [0.29, 0.717) is 23.7 Å². The van der Waals surface area contributed by atoms with Gasteiger partial charge in [-0.1, -0.05) is 20.8 Å². The van der Waals surface area contributed by atoms with Crippen LogP contribution in [0.4, 0.5) is 0 Å². The van der Waals surface area contributed by atoms with Gasteiger partial charge in [-0.2, -0.15) is 0 Å². The molecule has 2 rings (SSSR count). The second-order valence-corrected chi connectivity index (χ2v) is 6.12. The van der Waals surface area contributed by atoms with Gasteiger partial charge in [-0.05, 0) is 45.1 Å².